The van der Waals surface area contributed by atoms with Crippen LogP contribution in [0.1, 0.15) is 29.7 Å². The molecule has 1 aromatic heterocycles. The summed E-state index contributed by atoms with van der Waals surface area (Å²) in [5, 5.41) is 0.750. The predicted molar refractivity (Wildman–Crippen MR) is 89.8 cm³/mol. The van der Waals surface area contributed by atoms with Gasteiger partial charge >= 0.3 is 0 Å². The van der Waals surface area contributed by atoms with E-state index >= 15 is 0 Å². The van der Waals surface area contributed by atoms with Crippen LogP contribution < -0.4 is 4.90 Å². The Bertz CT molecular complexity index is 722. The zero-order chi connectivity index (χ0) is 15.7. The van der Waals surface area contributed by atoms with Crippen LogP contribution in [0.4, 0.5) is 5.69 Å². The van der Waals surface area contributed by atoms with Crippen molar-refractivity contribution in [3.05, 3.63) is 47.0 Å². The lowest BCUT2D eigenvalue weighted by molar-refractivity contribution is 0.0981. The van der Waals surface area contributed by atoms with Crippen molar-refractivity contribution in [2.75, 3.05) is 11.4 Å². The van der Waals surface area contributed by atoms with Crippen LogP contribution in [-0.2, 0) is 0 Å². The number of hydrogen-bond acceptors (Lipinski definition) is 4. The Kier molecular flexibility index (Phi) is 4.36. The number of carbonyl (C=O) groups excluding carboxylic acids is 1. The fourth-order valence-electron chi connectivity index (χ4n) is 2.43. The molecule has 2 heterocycles. The molecule has 1 aliphatic rings. The molecule has 0 aliphatic carbocycles. The summed E-state index contributed by atoms with van der Waals surface area (Å²) in [6.07, 6.45) is 2.41. The number of aromatic nitrogens is 2. The third-order valence-electron chi connectivity index (χ3n) is 3.56. The zero-order valence-electron chi connectivity index (χ0n) is 12.4. The number of nitrogens with zero attached hydrogens (tertiary/aromatic N) is 3. The molecule has 0 unspecified atom stereocenters. The number of aryl methyl sites for hydroxylation is 1. The third kappa shape index (κ3) is 2.96. The monoisotopic (exact) mass is 333 g/mol. The molecule has 0 saturated carbocycles. The van der Waals surface area contributed by atoms with Crippen molar-refractivity contribution in [2.45, 2.75) is 30.4 Å². The molecule has 0 radical (unpaired) electrons. The van der Waals surface area contributed by atoms with Crippen LogP contribution in [0.3, 0.4) is 0 Å². The van der Waals surface area contributed by atoms with Gasteiger partial charge in [0.1, 0.15) is 5.82 Å². The van der Waals surface area contributed by atoms with Crippen LogP contribution in [0.5, 0.6) is 0 Å². The van der Waals surface area contributed by atoms with Crippen molar-refractivity contribution >= 4 is 35.0 Å². The second kappa shape index (κ2) is 6.26. The van der Waals surface area contributed by atoms with E-state index in [0.29, 0.717) is 17.6 Å². The summed E-state index contributed by atoms with van der Waals surface area (Å²) in [7, 11) is 0. The molecule has 1 amide bonds. The highest BCUT2D eigenvalue weighted by molar-refractivity contribution is 8.00. The van der Waals surface area contributed by atoms with Gasteiger partial charge in [-0.3, -0.25) is 4.79 Å². The summed E-state index contributed by atoms with van der Waals surface area (Å²) in [6, 6.07) is 7.96. The molecule has 1 atom stereocenters. The van der Waals surface area contributed by atoms with Crippen molar-refractivity contribution in [1.29, 1.82) is 0 Å². The summed E-state index contributed by atoms with van der Waals surface area (Å²) in [5.41, 5.74) is 1.19. The summed E-state index contributed by atoms with van der Waals surface area (Å²) >= 11 is 7.93. The van der Waals surface area contributed by atoms with Crippen LogP contribution >= 0.6 is 23.4 Å². The maximum atomic E-state index is 12.9. The minimum atomic E-state index is -0.169. The number of halogens is 1. The Labute approximate surface area is 138 Å². The number of thioether (sulfide) groups is 1. The molecule has 1 aromatic carbocycles. The van der Waals surface area contributed by atoms with Gasteiger partial charge in [0, 0.05) is 16.7 Å². The van der Waals surface area contributed by atoms with Crippen LogP contribution in [-0.4, -0.2) is 27.7 Å². The van der Waals surface area contributed by atoms with E-state index in [0.717, 1.165) is 17.0 Å². The minimum absolute atomic E-state index is 0.169. The first kappa shape index (κ1) is 15.3. The van der Waals surface area contributed by atoms with Crippen molar-refractivity contribution in [3.63, 3.8) is 0 Å². The van der Waals surface area contributed by atoms with Gasteiger partial charge in [-0.1, -0.05) is 30.7 Å². The van der Waals surface area contributed by atoms with Gasteiger partial charge in [0.25, 0.3) is 5.91 Å². The van der Waals surface area contributed by atoms with Crippen LogP contribution in [0, 0.1) is 6.92 Å². The number of fused-ring (bicyclic) bond motifs is 1. The van der Waals surface area contributed by atoms with Gasteiger partial charge in [0.05, 0.1) is 16.9 Å². The van der Waals surface area contributed by atoms with Crippen LogP contribution in [0.15, 0.2) is 35.4 Å². The standard InChI is InChI=1S/C16H16ClN3OS/c1-10-7-8-20(13-5-3-4-6-14(13)22-10)16(21)15-12(17)9-18-11(2)19-15/h3-6,9-10H,7-8H2,1-2H3/t10-/m0/s1. The predicted octanol–water partition coefficient (Wildman–Crippen LogP) is 3.97. The number of para-hydroxylation sites is 1. The van der Waals surface area contributed by atoms with E-state index in [1.807, 2.05) is 18.2 Å². The molecule has 114 valence electrons. The Hall–Kier alpha value is -1.59. The number of amides is 1. The minimum Gasteiger partial charge on any atom is -0.306 e. The highest BCUT2D eigenvalue weighted by Crippen LogP contribution is 2.38. The molecule has 1 aliphatic heterocycles. The lowest BCUT2D eigenvalue weighted by Gasteiger charge is -2.22. The average molecular weight is 334 g/mol. The van der Waals surface area contributed by atoms with E-state index in [4.69, 9.17) is 11.6 Å². The first-order valence-corrected chi connectivity index (χ1v) is 8.38. The quantitative estimate of drug-likeness (QED) is 0.792. The van der Waals surface area contributed by atoms with Gasteiger partial charge in [0.2, 0.25) is 0 Å². The number of benzene rings is 1. The normalized spacial score (nSPS) is 17.8. The summed E-state index contributed by atoms with van der Waals surface area (Å²) in [4.78, 5) is 24.1. The Morgan fingerprint density at radius 1 is 1.41 bits per heavy atom. The molecule has 0 saturated heterocycles. The fourth-order valence-corrected chi connectivity index (χ4v) is 3.72. The van der Waals surface area contributed by atoms with E-state index in [1.54, 1.807) is 23.6 Å². The number of carbonyl (C=O) groups is 1. The largest absolute Gasteiger partial charge is 0.306 e. The van der Waals surface area contributed by atoms with Crippen molar-refractivity contribution in [2.24, 2.45) is 0 Å². The Balaban J connectivity index is 2.04. The number of rotatable bonds is 1. The lowest BCUT2D eigenvalue weighted by atomic mass is 10.2. The molecular weight excluding hydrogens is 318 g/mol. The highest BCUT2D eigenvalue weighted by atomic mass is 35.5. The van der Waals surface area contributed by atoms with E-state index in [9.17, 15) is 4.79 Å². The topological polar surface area (TPSA) is 46.1 Å². The molecule has 0 spiro atoms. The molecule has 0 N–H and O–H groups in total. The van der Waals surface area contributed by atoms with Gasteiger partial charge in [-0.05, 0) is 25.5 Å². The first-order chi connectivity index (χ1) is 10.6. The Morgan fingerprint density at radius 3 is 3.00 bits per heavy atom. The first-order valence-electron chi connectivity index (χ1n) is 7.13. The second-order valence-corrected chi connectivity index (χ2v) is 7.14. The molecular formula is C16H16ClN3OS. The summed E-state index contributed by atoms with van der Waals surface area (Å²) in [6.45, 7) is 4.59. The van der Waals surface area contributed by atoms with Crippen molar-refractivity contribution in [3.8, 4) is 0 Å². The molecule has 6 heteroatoms. The summed E-state index contributed by atoms with van der Waals surface area (Å²) in [5.74, 6) is 0.372. The zero-order valence-corrected chi connectivity index (χ0v) is 14.0. The van der Waals surface area contributed by atoms with Crippen LogP contribution in [0.2, 0.25) is 5.02 Å². The highest BCUT2D eigenvalue weighted by Gasteiger charge is 2.27. The molecule has 3 rings (SSSR count). The average Bonchev–Trinajstić information content (AvgIpc) is 2.67. The van der Waals surface area contributed by atoms with Gasteiger partial charge in [-0.25, -0.2) is 9.97 Å². The number of anilines is 1. The van der Waals surface area contributed by atoms with Gasteiger partial charge in [-0.2, -0.15) is 0 Å². The molecule has 0 fully saturated rings. The van der Waals surface area contributed by atoms with Crippen LogP contribution in [0.25, 0.3) is 0 Å². The molecule has 2 aromatic rings. The maximum Gasteiger partial charge on any atom is 0.278 e. The van der Waals surface area contributed by atoms with E-state index in [2.05, 4.69) is 23.0 Å². The van der Waals surface area contributed by atoms with Crippen molar-refractivity contribution < 1.29 is 4.79 Å². The third-order valence-corrected chi connectivity index (χ3v) is 5.07. The smallest absolute Gasteiger partial charge is 0.278 e. The Morgan fingerprint density at radius 2 is 2.18 bits per heavy atom. The SMILES string of the molecule is Cc1ncc(Cl)c(C(=O)N2CC[C@H](C)Sc3ccccc32)n1. The van der Waals surface area contributed by atoms with Crippen molar-refractivity contribution in [1.82, 2.24) is 9.97 Å². The second-order valence-electron chi connectivity index (χ2n) is 5.26. The fraction of sp³-hybridized carbons (Fsp3) is 0.312. The van der Waals surface area contributed by atoms with E-state index in [1.165, 1.54) is 6.20 Å². The van der Waals surface area contributed by atoms with Gasteiger partial charge < -0.3 is 4.90 Å². The molecule has 0 bridgehead atoms. The number of hydrogen-bond donors (Lipinski definition) is 0. The molecule has 4 nitrogen and oxygen atoms in total. The molecule has 22 heavy (non-hydrogen) atoms. The summed E-state index contributed by atoms with van der Waals surface area (Å²) < 4.78 is 0. The van der Waals surface area contributed by atoms with E-state index in [-0.39, 0.29) is 16.6 Å². The van der Waals surface area contributed by atoms with Gasteiger partial charge in [-0.15, -0.1) is 11.8 Å². The maximum absolute atomic E-state index is 12.9. The lowest BCUT2D eigenvalue weighted by Crippen LogP contribution is -2.33. The van der Waals surface area contributed by atoms with Gasteiger partial charge in [0.15, 0.2) is 5.69 Å². The van der Waals surface area contributed by atoms with E-state index < -0.39 is 0 Å².